The third-order valence-corrected chi connectivity index (χ3v) is 5.98. The number of ether oxygens (including phenoxy) is 1. The molecule has 0 fully saturated rings. The Morgan fingerprint density at radius 3 is 2.75 bits per heavy atom. The van der Waals surface area contributed by atoms with E-state index in [2.05, 4.69) is 41.6 Å². The number of aryl methyl sites for hydroxylation is 1. The van der Waals surface area contributed by atoms with Crippen molar-refractivity contribution in [3.8, 4) is 5.75 Å². The van der Waals surface area contributed by atoms with E-state index in [1.807, 2.05) is 25.2 Å². The number of fused-ring (bicyclic) bond motifs is 1. The third-order valence-electron chi connectivity index (χ3n) is 4.68. The van der Waals surface area contributed by atoms with E-state index in [1.165, 1.54) is 7.11 Å². The quantitative estimate of drug-likeness (QED) is 0.339. The number of nitrogens with one attached hydrogen (secondary N) is 2. The number of nitrogens with two attached hydrogens (primary N) is 1. The fourth-order valence-electron chi connectivity index (χ4n) is 3.21. The lowest BCUT2D eigenvalue weighted by Crippen LogP contribution is -2.16. The molecule has 0 saturated carbocycles. The fourth-order valence-corrected chi connectivity index (χ4v) is 4.17. The average Bonchev–Trinajstić information content (AvgIpc) is 3.11. The van der Waals surface area contributed by atoms with Crippen molar-refractivity contribution in [1.82, 2.24) is 19.7 Å². The SMILES string of the molecule is COc1cccc(CS(N)(=O)=O)c1Nc1nc(Nc2ccc3cnn(C)c3c2)ncc1Br. The van der Waals surface area contributed by atoms with E-state index in [0.717, 1.165) is 16.6 Å². The number of hydrogen-bond acceptors (Lipinski definition) is 8. The van der Waals surface area contributed by atoms with E-state index < -0.39 is 10.0 Å². The van der Waals surface area contributed by atoms with Crippen LogP contribution in [0.25, 0.3) is 10.9 Å². The van der Waals surface area contributed by atoms with Gasteiger partial charge in [0.15, 0.2) is 5.82 Å². The third kappa shape index (κ3) is 4.82. The number of aromatic nitrogens is 4. The maximum atomic E-state index is 11.7. The number of halogens is 1. The van der Waals surface area contributed by atoms with E-state index in [-0.39, 0.29) is 5.75 Å². The summed E-state index contributed by atoms with van der Waals surface area (Å²) in [6.07, 6.45) is 3.39. The predicted molar refractivity (Wildman–Crippen MR) is 127 cm³/mol. The van der Waals surface area contributed by atoms with Crippen LogP contribution in [0.5, 0.6) is 5.75 Å². The number of para-hydroxylation sites is 1. The highest BCUT2D eigenvalue weighted by molar-refractivity contribution is 9.10. The Balaban J connectivity index is 1.67. The zero-order chi connectivity index (χ0) is 22.9. The minimum absolute atomic E-state index is 0.347. The molecule has 12 heteroatoms. The highest BCUT2D eigenvalue weighted by atomic mass is 79.9. The molecule has 0 unspecified atom stereocenters. The van der Waals surface area contributed by atoms with Gasteiger partial charge in [-0.2, -0.15) is 10.1 Å². The van der Waals surface area contributed by atoms with Crippen LogP contribution in [0, 0.1) is 0 Å². The number of hydrogen-bond donors (Lipinski definition) is 3. The summed E-state index contributed by atoms with van der Waals surface area (Å²) < 4.78 is 31.1. The highest BCUT2D eigenvalue weighted by Gasteiger charge is 2.16. The normalized spacial score (nSPS) is 11.5. The molecule has 32 heavy (non-hydrogen) atoms. The van der Waals surface area contributed by atoms with Gasteiger partial charge in [0, 0.05) is 24.3 Å². The van der Waals surface area contributed by atoms with Crippen LogP contribution < -0.4 is 20.5 Å². The summed E-state index contributed by atoms with van der Waals surface area (Å²) in [5, 5.41) is 16.8. The highest BCUT2D eigenvalue weighted by Crippen LogP contribution is 2.34. The number of anilines is 4. The molecule has 0 spiro atoms. The first-order chi connectivity index (χ1) is 15.2. The van der Waals surface area contributed by atoms with Crippen molar-refractivity contribution in [1.29, 1.82) is 0 Å². The lowest BCUT2D eigenvalue weighted by molar-refractivity contribution is 0.416. The summed E-state index contributed by atoms with van der Waals surface area (Å²) in [4.78, 5) is 8.84. The smallest absolute Gasteiger partial charge is 0.229 e. The topological polar surface area (TPSA) is 137 Å². The molecular weight excluding hydrogens is 498 g/mol. The fraction of sp³-hybridized carbons (Fsp3) is 0.150. The van der Waals surface area contributed by atoms with E-state index in [4.69, 9.17) is 9.88 Å². The van der Waals surface area contributed by atoms with Gasteiger partial charge in [0.2, 0.25) is 16.0 Å². The van der Waals surface area contributed by atoms with Crippen LogP contribution in [-0.4, -0.2) is 35.3 Å². The summed E-state index contributed by atoms with van der Waals surface area (Å²) in [5.41, 5.74) is 2.66. The second-order valence-electron chi connectivity index (χ2n) is 6.98. The van der Waals surface area contributed by atoms with E-state index in [1.54, 1.807) is 35.3 Å². The predicted octanol–water partition coefficient (Wildman–Crippen LogP) is 3.41. The average molecular weight is 518 g/mol. The molecule has 10 nitrogen and oxygen atoms in total. The van der Waals surface area contributed by atoms with Crippen molar-refractivity contribution in [3.05, 3.63) is 58.8 Å². The summed E-state index contributed by atoms with van der Waals surface area (Å²) in [6.45, 7) is 0. The molecule has 0 atom stereocenters. The van der Waals surface area contributed by atoms with E-state index in [9.17, 15) is 8.42 Å². The Morgan fingerprint density at radius 1 is 1.19 bits per heavy atom. The molecule has 4 aromatic rings. The lowest BCUT2D eigenvalue weighted by atomic mass is 10.2. The number of sulfonamides is 1. The maximum Gasteiger partial charge on any atom is 0.229 e. The Labute approximate surface area is 193 Å². The summed E-state index contributed by atoms with van der Waals surface area (Å²) >= 11 is 3.43. The molecule has 166 valence electrons. The molecule has 4 N–H and O–H groups in total. The van der Waals surface area contributed by atoms with Gasteiger partial charge in [-0.25, -0.2) is 18.5 Å². The first-order valence-corrected chi connectivity index (χ1v) is 11.9. The number of methoxy groups -OCH3 is 1. The van der Waals surface area contributed by atoms with E-state index in [0.29, 0.717) is 33.2 Å². The number of nitrogens with zero attached hydrogens (tertiary/aromatic N) is 4. The second-order valence-corrected chi connectivity index (χ2v) is 9.45. The van der Waals surface area contributed by atoms with Gasteiger partial charge in [-0.05, 0) is 45.8 Å². The molecule has 0 radical (unpaired) electrons. The van der Waals surface area contributed by atoms with E-state index >= 15 is 0 Å². The minimum atomic E-state index is -3.75. The maximum absolute atomic E-state index is 11.7. The van der Waals surface area contributed by atoms with Gasteiger partial charge in [0.1, 0.15) is 5.75 Å². The molecular formula is C20H20BrN7O3S. The first-order valence-electron chi connectivity index (χ1n) is 9.38. The van der Waals surface area contributed by atoms with Crippen molar-refractivity contribution >= 4 is 60.0 Å². The largest absolute Gasteiger partial charge is 0.495 e. The zero-order valence-electron chi connectivity index (χ0n) is 17.2. The molecule has 4 rings (SSSR count). The summed E-state index contributed by atoms with van der Waals surface area (Å²) in [6, 6.07) is 10.9. The van der Waals surface area contributed by atoms with Gasteiger partial charge in [-0.15, -0.1) is 0 Å². The molecule has 0 bridgehead atoms. The number of benzene rings is 2. The molecule has 0 amide bonds. The second kappa shape index (κ2) is 8.73. The first kappa shape index (κ1) is 22.0. The van der Waals surface area contributed by atoms with Crippen LogP contribution in [0.3, 0.4) is 0 Å². The van der Waals surface area contributed by atoms with Gasteiger partial charge in [-0.1, -0.05) is 12.1 Å². The Bertz CT molecular complexity index is 1410. The van der Waals surface area contributed by atoms with Crippen LogP contribution in [0.15, 0.2) is 53.3 Å². The van der Waals surface area contributed by atoms with Crippen molar-refractivity contribution < 1.29 is 13.2 Å². The van der Waals surface area contributed by atoms with Crippen LogP contribution in [-0.2, 0) is 22.8 Å². The van der Waals surface area contributed by atoms with Gasteiger partial charge >= 0.3 is 0 Å². The molecule has 2 aromatic heterocycles. The Hall–Kier alpha value is -3.22. The van der Waals surface area contributed by atoms with Gasteiger partial charge < -0.3 is 15.4 Å². The molecule has 0 aliphatic rings. The van der Waals surface area contributed by atoms with Crippen LogP contribution in [0.1, 0.15) is 5.56 Å². The molecule has 0 aliphatic carbocycles. The number of primary sulfonamides is 1. The van der Waals surface area contributed by atoms with Crippen molar-refractivity contribution in [2.75, 3.05) is 17.7 Å². The molecule has 0 aliphatic heterocycles. The van der Waals surface area contributed by atoms with Gasteiger partial charge in [0.25, 0.3) is 0 Å². The molecule has 2 aromatic carbocycles. The Morgan fingerprint density at radius 2 is 2.00 bits per heavy atom. The lowest BCUT2D eigenvalue weighted by Gasteiger charge is -2.16. The minimum Gasteiger partial charge on any atom is -0.495 e. The van der Waals surface area contributed by atoms with Crippen molar-refractivity contribution in [3.63, 3.8) is 0 Å². The Kier molecular flexibility index (Phi) is 6.00. The van der Waals surface area contributed by atoms with Crippen molar-refractivity contribution in [2.45, 2.75) is 5.75 Å². The zero-order valence-corrected chi connectivity index (χ0v) is 19.6. The van der Waals surface area contributed by atoms with Crippen LogP contribution in [0.2, 0.25) is 0 Å². The molecule has 2 heterocycles. The summed E-state index contributed by atoms with van der Waals surface area (Å²) in [5.74, 6) is 0.864. The monoisotopic (exact) mass is 517 g/mol. The van der Waals surface area contributed by atoms with Crippen LogP contribution >= 0.6 is 15.9 Å². The molecule has 0 saturated heterocycles. The van der Waals surface area contributed by atoms with Crippen molar-refractivity contribution in [2.24, 2.45) is 12.2 Å². The van der Waals surface area contributed by atoms with Gasteiger partial charge in [-0.3, -0.25) is 4.68 Å². The number of rotatable bonds is 7. The summed E-state index contributed by atoms with van der Waals surface area (Å²) in [7, 11) is -0.383. The van der Waals surface area contributed by atoms with Gasteiger partial charge in [0.05, 0.1) is 34.7 Å². The standard InChI is InChI=1S/C20H20BrN7O3S/c1-28-16-8-14(7-6-12(16)9-24-28)25-20-23-10-15(21)19(27-20)26-18-13(11-32(22,29)30)4-3-5-17(18)31-2/h3-10H,11H2,1-2H3,(H2,22,29,30)(H2,23,25,26,27). The van der Waals surface area contributed by atoms with Crippen LogP contribution in [0.4, 0.5) is 23.1 Å².